The smallest absolute Gasteiger partial charge is 0.117 e. The van der Waals surface area contributed by atoms with Crippen LogP contribution in [0.25, 0.3) is 21.8 Å². The fraction of sp³-hybridized carbons (Fsp3) is 0.0769. The van der Waals surface area contributed by atoms with Crippen molar-refractivity contribution in [2.24, 2.45) is 0 Å². The van der Waals surface area contributed by atoms with Crippen LogP contribution in [0.3, 0.4) is 0 Å². The summed E-state index contributed by atoms with van der Waals surface area (Å²) in [5, 5.41) is 2.25. The minimum atomic E-state index is -0.426. The summed E-state index contributed by atoms with van der Waals surface area (Å²) >= 11 is 0. The number of aromatic amines is 1. The fourth-order valence-electron chi connectivity index (χ4n) is 2.05. The van der Waals surface area contributed by atoms with Crippen molar-refractivity contribution in [1.29, 1.82) is 0 Å². The van der Waals surface area contributed by atoms with Crippen molar-refractivity contribution < 1.29 is 4.39 Å². The van der Waals surface area contributed by atoms with E-state index in [1.807, 2.05) is 36.4 Å². The van der Waals surface area contributed by atoms with Gasteiger partial charge in [-0.25, -0.2) is 4.39 Å². The van der Waals surface area contributed by atoms with Gasteiger partial charge in [-0.2, -0.15) is 0 Å². The number of alkyl halides is 1. The molecule has 2 heteroatoms. The Morgan fingerprint density at radius 1 is 0.933 bits per heavy atom. The lowest BCUT2D eigenvalue weighted by Crippen LogP contribution is -1.79. The summed E-state index contributed by atoms with van der Waals surface area (Å²) in [6, 6.07) is 13.8. The molecular weight excluding hydrogens is 189 g/mol. The molecule has 0 amide bonds. The van der Waals surface area contributed by atoms with Gasteiger partial charge in [0.25, 0.3) is 0 Å². The van der Waals surface area contributed by atoms with Gasteiger partial charge in [-0.05, 0) is 6.07 Å². The van der Waals surface area contributed by atoms with Crippen molar-refractivity contribution in [2.75, 3.05) is 0 Å². The summed E-state index contributed by atoms with van der Waals surface area (Å²) in [6.07, 6.45) is 0. The Labute approximate surface area is 86.5 Å². The highest BCUT2D eigenvalue weighted by atomic mass is 19.1. The van der Waals surface area contributed by atoms with Crippen LogP contribution in [-0.4, -0.2) is 4.98 Å². The van der Waals surface area contributed by atoms with Crippen LogP contribution >= 0.6 is 0 Å². The molecule has 1 heterocycles. The number of nitrogens with one attached hydrogen (secondary N) is 1. The average Bonchev–Trinajstić information content (AvgIpc) is 2.67. The van der Waals surface area contributed by atoms with Gasteiger partial charge < -0.3 is 4.98 Å². The van der Waals surface area contributed by atoms with E-state index in [0.717, 1.165) is 27.4 Å². The van der Waals surface area contributed by atoms with E-state index >= 15 is 0 Å². The Bertz CT molecular complexity index is 625. The number of hydrogen-bond donors (Lipinski definition) is 1. The Hall–Kier alpha value is -1.83. The van der Waals surface area contributed by atoms with E-state index in [4.69, 9.17) is 0 Å². The van der Waals surface area contributed by atoms with Crippen LogP contribution in [-0.2, 0) is 6.67 Å². The van der Waals surface area contributed by atoms with Crippen LogP contribution in [0.15, 0.2) is 42.5 Å². The molecule has 0 atom stereocenters. The van der Waals surface area contributed by atoms with Crippen LogP contribution in [0.2, 0.25) is 0 Å². The molecule has 1 aromatic heterocycles. The molecule has 3 rings (SSSR count). The molecule has 0 bridgehead atoms. The first kappa shape index (κ1) is 8.48. The molecule has 74 valence electrons. The second-order valence-electron chi connectivity index (χ2n) is 3.64. The normalized spacial score (nSPS) is 11.3. The molecule has 1 nitrogen and oxygen atoms in total. The predicted molar refractivity (Wildman–Crippen MR) is 60.6 cm³/mol. The minimum absolute atomic E-state index is 0.426. The Morgan fingerprint density at radius 2 is 1.73 bits per heavy atom. The standard InChI is InChI=1S/C13H10FN/c14-8-9-4-3-6-11-10-5-1-2-7-12(10)15-13(9)11/h1-7,15H,8H2. The quantitative estimate of drug-likeness (QED) is 0.613. The number of rotatable bonds is 1. The molecule has 2 aromatic carbocycles. The second-order valence-corrected chi connectivity index (χ2v) is 3.64. The van der Waals surface area contributed by atoms with Gasteiger partial charge in [-0.3, -0.25) is 0 Å². The van der Waals surface area contributed by atoms with Crippen molar-refractivity contribution in [2.45, 2.75) is 6.67 Å². The van der Waals surface area contributed by atoms with Crippen LogP contribution in [0, 0.1) is 0 Å². The van der Waals surface area contributed by atoms with Crippen LogP contribution < -0.4 is 0 Å². The summed E-state index contributed by atoms with van der Waals surface area (Å²) in [5.74, 6) is 0. The molecular formula is C13H10FN. The topological polar surface area (TPSA) is 15.8 Å². The maximum atomic E-state index is 12.8. The molecule has 15 heavy (non-hydrogen) atoms. The molecule has 0 radical (unpaired) electrons. The largest absolute Gasteiger partial charge is 0.354 e. The van der Waals surface area contributed by atoms with Gasteiger partial charge in [-0.1, -0.05) is 36.4 Å². The number of fused-ring (bicyclic) bond motifs is 3. The summed E-state index contributed by atoms with van der Waals surface area (Å²) in [5.41, 5.74) is 2.71. The molecule has 0 aliphatic heterocycles. The Morgan fingerprint density at radius 3 is 2.60 bits per heavy atom. The number of para-hydroxylation sites is 2. The van der Waals surface area contributed by atoms with Gasteiger partial charge >= 0.3 is 0 Å². The molecule has 0 aliphatic carbocycles. The van der Waals surface area contributed by atoms with E-state index in [-0.39, 0.29) is 0 Å². The molecule has 0 unspecified atom stereocenters. The van der Waals surface area contributed by atoms with E-state index in [0.29, 0.717) is 0 Å². The molecule has 3 aromatic rings. The highest BCUT2D eigenvalue weighted by Gasteiger charge is 2.06. The van der Waals surface area contributed by atoms with E-state index in [9.17, 15) is 4.39 Å². The van der Waals surface area contributed by atoms with E-state index in [1.54, 1.807) is 0 Å². The van der Waals surface area contributed by atoms with Crippen molar-refractivity contribution in [3.8, 4) is 0 Å². The van der Waals surface area contributed by atoms with Gasteiger partial charge in [0.15, 0.2) is 0 Å². The van der Waals surface area contributed by atoms with E-state index in [1.165, 1.54) is 0 Å². The van der Waals surface area contributed by atoms with Crippen LogP contribution in [0.5, 0.6) is 0 Å². The van der Waals surface area contributed by atoms with Crippen molar-refractivity contribution >= 4 is 21.8 Å². The number of halogens is 1. The monoisotopic (exact) mass is 199 g/mol. The zero-order valence-electron chi connectivity index (χ0n) is 8.13. The summed E-state index contributed by atoms with van der Waals surface area (Å²) < 4.78 is 12.8. The summed E-state index contributed by atoms with van der Waals surface area (Å²) in [4.78, 5) is 3.26. The minimum Gasteiger partial charge on any atom is -0.354 e. The number of benzene rings is 2. The fourth-order valence-corrected chi connectivity index (χ4v) is 2.05. The third-order valence-corrected chi connectivity index (χ3v) is 2.77. The third kappa shape index (κ3) is 1.14. The maximum absolute atomic E-state index is 12.8. The maximum Gasteiger partial charge on any atom is 0.117 e. The average molecular weight is 199 g/mol. The summed E-state index contributed by atoms with van der Waals surface area (Å²) in [6.45, 7) is -0.426. The lowest BCUT2D eigenvalue weighted by molar-refractivity contribution is 0.487. The molecule has 0 saturated heterocycles. The lowest BCUT2D eigenvalue weighted by atomic mass is 10.1. The molecule has 0 spiro atoms. The van der Waals surface area contributed by atoms with Gasteiger partial charge in [0.05, 0.1) is 5.52 Å². The highest BCUT2D eigenvalue weighted by Crippen LogP contribution is 2.27. The zero-order chi connectivity index (χ0) is 10.3. The first-order chi connectivity index (χ1) is 7.40. The Balaban J connectivity index is 2.53. The summed E-state index contributed by atoms with van der Waals surface area (Å²) in [7, 11) is 0. The first-order valence-electron chi connectivity index (χ1n) is 4.94. The van der Waals surface area contributed by atoms with E-state index < -0.39 is 6.67 Å². The molecule has 0 fully saturated rings. The second kappa shape index (κ2) is 3.09. The van der Waals surface area contributed by atoms with Crippen molar-refractivity contribution in [3.63, 3.8) is 0 Å². The zero-order valence-corrected chi connectivity index (χ0v) is 8.13. The van der Waals surface area contributed by atoms with Crippen molar-refractivity contribution in [3.05, 3.63) is 48.0 Å². The lowest BCUT2D eigenvalue weighted by Gasteiger charge is -1.95. The van der Waals surface area contributed by atoms with Crippen LogP contribution in [0.1, 0.15) is 5.56 Å². The van der Waals surface area contributed by atoms with Crippen LogP contribution in [0.4, 0.5) is 4.39 Å². The van der Waals surface area contributed by atoms with Gasteiger partial charge in [0, 0.05) is 21.9 Å². The van der Waals surface area contributed by atoms with Crippen molar-refractivity contribution in [1.82, 2.24) is 4.98 Å². The highest BCUT2D eigenvalue weighted by molar-refractivity contribution is 6.08. The molecule has 1 N–H and O–H groups in total. The molecule has 0 aliphatic rings. The SMILES string of the molecule is FCc1cccc2c1[nH]c1ccccc12. The number of aromatic nitrogens is 1. The van der Waals surface area contributed by atoms with E-state index in [2.05, 4.69) is 11.1 Å². The van der Waals surface area contributed by atoms with Gasteiger partial charge in [0.2, 0.25) is 0 Å². The van der Waals surface area contributed by atoms with Gasteiger partial charge in [-0.15, -0.1) is 0 Å². The predicted octanol–water partition coefficient (Wildman–Crippen LogP) is 3.79. The first-order valence-corrected chi connectivity index (χ1v) is 4.94. The number of H-pyrrole nitrogens is 1. The van der Waals surface area contributed by atoms with Gasteiger partial charge in [0.1, 0.15) is 6.67 Å². The Kier molecular flexibility index (Phi) is 1.75. The number of hydrogen-bond acceptors (Lipinski definition) is 0. The third-order valence-electron chi connectivity index (χ3n) is 2.77. The molecule has 0 saturated carbocycles.